The first kappa shape index (κ1) is 16.1. The van der Waals surface area contributed by atoms with Gasteiger partial charge in [-0.15, -0.1) is 0 Å². The molecule has 25 heavy (non-hydrogen) atoms. The van der Waals surface area contributed by atoms with Gasteiger partial charge < -0.3 is 10.4 Å². The highest BCUT2D eigenvalue weighted by Crippen LogP contribution is 2.39. The number of carbonyl (C=O) groups is 1. The maximum atomic E-state index is 13.7. The fraction of sp³-hybridized carbons (Fsp3) is 0.278. The highest BCUT2D eigenvalue weighted by Gasteiger charge is 2.42. The maximum Gasteiger partial charge on any atom is 0.229 e. The van der Waals surface area contributed by atoms with Gasteiger partial charge in [0.25, 0.3) is 0 Å². The Hall–Kier alpha value is -2.38. The van der Waals surface area contributed by atoms with Gasteiger partial charge in [0.1, 0.15) is 5.82 Å². The lowest BCUT2D eigenvalue weighted by Crippen LogP contribution is -2.15. The number of aromatic nitrogens is 2. The van der Waals surface area contributed by atoms with Crippen molar-refractivity contribution in [3.63, 3.8) is 0 Å². The molecule has 2 aromatic heterocycles. The number of nitrogens with zero attached hydrogens (tertiary/aromatic N) is 2. The topological polar surface area (TPSA) is 75.1 Å². The van der Waals surface area contributed by atoms with E-state index in [1.54, 1.807) is 13.1 Å². The number of amides is 1. The van der Waals surface area contributed by atoms with Gasteiger partial charge in [0, 0.05) is 24.3 Å². The molecule has 0 bridgehead atoms. The number of fused-ring (bicyclic) bond motifs is 1. The Morgan fingerprint density at radius 3 is 3.04 bits per heavy atom. The second kappa shape index (κ2) is 6.16. The molecule has 0 saturated heterocycles. The van der Waals surface area contributed by atoms with E-state index in [0.717, 1.165) is 27.8 Å². The molecule has 2 heterocycles. The van der Waals surface area contributed by atoms with Crippen molar-refractivity contribution in [3.05, 3.63) is 42.0 Å². The zero-order chi connectivity index (χ0) is 17.6. The summed E-state index contributed by atoms with van der Waals surface area (Å²) in [5, 5.41) is 12.4. The van der Waals surface area contributed by atoms with Crippen LogP contribution in [0.1, 0.15) is 12.0 Å². The normalized spacial score (nSPS) is 19.2. The molecule has 0 spiro atoms. The molecule has 0 radical (unpaired) electrons. The number of pyridine rings is 1. The minimum absolute atomic E-state index is 0.0440. The third-order valence-corrected chi connectivity index (χ3v) is 5.51. The Labute approximate surface area is 147 Å². The van der Waals surface area contributed by atoms with Crippen LogP contribution in [0.15, 0.2) is 30.6 Å². The van der Waals surface area contributed by atoms with Crippen molar-refractivity contribution in [1.29, 1.82) is 0 Å². The second-order valence-corrected chi connectivity index (χ2v) is 7.30. The highest BCUT2D eigenvalue weighted by molar-refractivity contribution is 7.22. The van der Waals surface area contributed by atoms with E-state index in [4.69, 9.17) is 5.11 Å². The van der Waals surface area contributed by atoms with Crippen LogP contribution in [-0.4, -0.2) is 27.6 Å². The SMILES string of the molecule is Cc1c(F)cncc1-c1ccc2nc(NC(=O)C3CC3CO)sc2c1. The first-order valence-corrected chi connectivity index (χ1v) is 8.81. The molecule has 2 N–H and O–H groups in total. The Balaban J connectivity index is 1.61. The van der Waals surface area contributed by atoms with Crippen LogP contribution >= 0.6 is 11.3 Å². The minimum atomic E-state index is -0.335. The van der Waals surface area contributed by atoms with E-state index in [-0.39, 0.29) is 30.2 Å². The number of rotatable bonds is 4. The van der Waals surface area contributed by atoms with E-state index in [2.05, 4.69) is 15.3 Å². The Kier molecular flexibility index (Phi) is 3.97. The predicted molar refractivity (Wildman–Crippen MR) is 94.9 cm³/mol. The Morgan fingerprint density at radius 2 is 2.28 bits per heavy atom. The summed E-state index contributed by atoms with van der Waals surface area (Å²) >= 11 is 1.38. The molecule has 2 atom stereocenters. The third kappa shape index (κ3) is 3.01. The molecule has 3 aromatic rings. The average Bonchev–Trinajstić information content (AvgIpc) is 3.29. The molecular weight excluding hydrogens is 341 g/mol. The minimum Gasteiger partial charge on any atom is -0.396 e. The van der Waals surface area contributed by atoms with E-state index in [9.17, 15) is 9.18 Å². The smallest absolute Gasteiger partial charge is 0.229 e. The van der Waals surface area contributed by atoms with Gasteiger partial charge in [0.2, 0.25) is 5.91 Å². The number of hydrogen-bond acceptors (Lipinski definition) is 5. The lowest BCUT2D eigenvalue weighted by Gasteiger charge is -2.05. The Bertz CT molecular complexity index is 972. The standard InChI is InChI=1S/C18H16FN3O2S/c1-9-13(6-20-7-14(9)19)10-2-3-15-16(5-10)25-18(21-15)22-17(24)12-4-11(12)8-23/h2-3,5-7,11-12,23H,4,8H2,1H3,(H,21,22,24). The monoisotopic (exact) mass is 357 g/mol. The van der Waals surface area contributed by atoms with Gasteiger partial charge in [-0.2, -0.15) is 0 Å². The molecule has 1 aromatic carbocycles. The summed E-state index contributed by atoms with van der Waals surface area (Å²) in [5.74, 6) is -0.473. The number of benzene rings is 1. The number of hydrogen-bond donors (Lipinski definition) is 2. The van der Waals surface area contributed by atoms with Crippen LogP contribution in [0.4, 0.5) is 9.52 Å². The van der Waals surface area contributed by atoms with Gasteiger partial charge >= 0.3 is 0 Å². The van der Waals surface area contributed by atoms with E-state index >= 15 is 0 Å². The van der Waals surface area contributed by atoms with Crippen molar-refractivity contribution in [3.8, 4) is 11.1 Å². The summed E-state index contributed by atoms with van der Waals surface area (Å²) in [5.41, 5.74) is 2.93. The number of aliphatic hydroxyl groups excluding tert-OH is 1. The summed E-state index contributed by atoms with van der Waals surface area (Å²) < 4.78 is 14.6. The molecule has 7 heteroatoms. The molecule has 1 fully saturated rings. The molecule has 0 aliphatic heterocycles. The van der Waals surface area contributed by atoms with Gasteiger partial charge in [-0.25, -0.2) is 9.37 Å². The van der Waals surface area contributed by atoms with Crippen LogP contribution in [0.3, 0.4) is 0 Å². The van der Waals surface area contributed by atoms with Crippen molar-refractivity contribution in [2.75, 3.05) is 11.9 Å². The number of nitrogens with one attached hydrogen (secondary N) is 1. The summed E-state index contributed by atoms with van der Waals surface area (Å²) in [6.07, 6.45) is 3.57. The molecular formula is C18H16FN3O2S. The molecule has 128 valence electrons. The van der Waals surface area contributed by atoms with Crippen molar-refractivity contribution in [2.45, 2.75) is 13.3 Å². The number of thiazole rings is 1. The van der Waals surface area contributed by atoms with Crippen LogP contribution in [-0.2, 0) is 4.79 Å². The summed E-state index contributed by atoms with van der Waals surface area (Å²) in [6, 6.07) is 5.66. The predicted octanol–water partition coefficient (Wildman–Crippen LogP) is 3.37. The lowest BCUT2D eigenvalue weighted by atomic mass is 10.0. The molecule has 4 rings (SSSR count). The molecule has 5 nitrogen and oxygen atoms in total. The zero-order valence-corrected chi connectivity index (χ0v) is 14.3. The van der Waals surface area contributed by atoms with Crippen molar-refractivity contribution in [1.82, 2.24) is 9.97 Å². The lowest BCUT2D eigenvalue weighted by molar-refractivity contribution is -0.117. The van der Waals surface area contributed by atoms with E-state index in [1.807, 2.05) is 18.2 Å². The van der Waals surface area contributed by atoms with Gasteiger partial charge in [0.05, 0.1) is 16.4 Å². The number of anilines is 1. The van der Waals surface area contributed by atoms with Crippen molar-refractivity contribution in [2.24, 2.45) is 11.8 Å². The molecule has 1 aliphatic carbocycles. The van der Waals surface area contributed by atoms with Crippen LogP contribution in [0, 0.1) is 24.6 Å². The maximum absolute atomic E-state index is 13.7. The van der Waals surface area contributed by atoms with Crippen LogP contribution < -0.4 is 5.32 Å². The summed E-state index contributed by atoms with van der Waals surface area (Å²) in [6.45, 7) is 1.77. The largest absolute Gasteiger partial charge is 0.396 e. The quantitative estimate of drug-likeness (QED) is 0.751. The van der Waals surface area contributed by atoms with Crippen molar-refractivity contribution < 1.29 is 14.3 Å². The number of halogens is 1. The fourth-order valence-electron chi connectivity index (χ4n) is 2.90. The zero-order valence-electron chi connectivity index (χ0n) is 13.5. The van der Waals surface area contributed by atoms with Crippen LogP contribution in [0.2, 0.25) is 0 Å². The van der Waals surface area contributed by atoms with Gasteiger partial charge in [-0.1, -0.05) is 17.4 Å². The molecule has 2 unspecified atom stereocenters. The number of aliphatic hydroxyl groups is 1. The Morgan fingerprint density at radius 1 is 1.44 bits per heavy atom. The molecule has 1 amide bonds. The van der Waals surface area contributed by atoms with Gasteiger partial charge in [-0.3, -0.25) is 9.78 Å². The third-order valence-electron chi connectivity index (χ3n) is 4.58. The average molecular weight is 357 g/mol. The molecule has 1 saturated carbocycles. The first-order chi connectivity index (χ1) is 12.1. The van der Waals surface area contributed by atoms with E-state index in [1.165, 1.54) is 17.5 Å². The van der Waals surface area contributed by atoms with E-state index in [0.29, 0.717) is 10.7 Å². The molecule has 1 aliphatic rings. The van der Waals surface area contributed by atoms with Crippen LogP contribution in [0.25, 0.3) is 21.3 Å². The summed E-state index contributed by atoms with van der Waals surface area (Å²) in [4.78, 5) is 20.4. The van der Waals surface area contributed by atoms with Gasteiger partial charge in [0.15, 0.2) is 5.13 Å². The second-order valence-electron chi connectivity index (χ2n) is 6.27. The highest BCUT2D eigenvalue weighted by atomic mass is 32.1. The number of carbonyl (C=O) groups excluding carboxylic acids is 1. The van der Waals surface area contributed by atoms with Gasteiger partial charge in [-0.05, 0) is 42.5 Å². The first-order valence-electron chi connectivity index (χ1n) is 7.99. The fourth-order valence-corrected chi connectivity index (χ4v) is 3.81. The van der Waals surface area contributed by atoms with Crippen molar-refractivity contribution >= 4 is 32.6 Å². The summed E-state index contributed by atoms with van der Waals surface area (Å²) in [7, 11) is 0. The van der Waals surface area contributed by atoms with E-state index < -0.39 is 0 Å². The van der Waals surface area contributed by atoms with Crippen LogP contribution in [0.5, 0.6) is 0 Å².